The van der Waals surface area contributed by atoms with Crippen LogP contribution >= 0.6 is 11.3 Å². The molecule has 2 rings (SSSR count). The number of nitrogens with one attached hydrogen (secondary N) is 1. The molecule has 1 N–H and O–H groups in total. The van der Waals surface area contributed by atoms with Gasteiger partial charge in [-0.1, -0.05) is 6.92 Å². The lowest BCUT2D eigenvalue weighted by molar-refractivity contribution is 0.553. The lowest BCUT2D eigenvalue weighted by Gasteiger charge is -2.17. The number of imidazole rings is 1. The van der Waals surface area contributed by atoms with E-state index in [1.807, 2.05) is 24.1 Å². The first-order valence-corrected chi connectivity index (χ1v) is 6.87. The Bertz CT molecular complexity index is 435. The summed E-state index contributed by atoms with van der Waals surface area (Å²) < 4.78 is 2.16. The first kappa shape index (κ1) is 12.3. The molecule has 0 bridgehead atoms. The smallest absolute Gasteiger partial charge is 0.116 e. The number of nitrogens with zero attached hydrogens (tertiary/aromatic N) is 3. The summed E-state index contributed by atoms with van der Waals surface area (Å²) in [5, 5.41) is 6.66. The van der Waals surface area contributed by atoms with Crippen LogP contribution in [0.4, 0.5) is 0 Å². The number of aryl methyl sites for hydroxylation is 1. The Morgan fingerprint density at radius 1 is 1.47 bits per heavy atom. The van der Waals surface area contributed by atoms with E-state index in [-0.39, 0.29) is 6.04 Å². The van der Waals surface area contributed by atoms with Gasteiger partial charge in [-0.25, -0.2) is 9.97 Å². The number of hydrogen-bond acceptors (Lipinski definition) is 4. The minimum absolute atomic E-state index is 0.164. The quantitative estimate of drug-likeness (QED) is 0.856. The van der Waals surface area contributed by atoms with Crippen LogP contribution in [0.5, 0.6) is 0 Å². The normalized spacial score (nSPS) is 12.8. The molecule has 2 aromatic rings. The molecule has 92 valence electrons. The van der Waals surface area contributed by atoms with E-state index < -0.39 is 0 Å². The molecule has 2 heterocycles. The van der Waals surface area contributed by atoms with Crippen LogP contribution in [-0.2, 0) is 6.54 Å². The second-order valence-corrected chi connectivity index (χ2v) is 4.79. The maximum atomic E-state index is 4.42. The summed E-state index contributed by atoms with van der Waals surface area (Å²) in [7, 11) is 0. The molecule has 1 atom stereocenters. The molecule has 0 aliphatic heterocycles. The zero-order valence-electron chi connectivity index (χ0n) is 10.3. The van der Waals surface area contributed by atoms with Gasteiger partial charge in [0.05, 0.1) is 18.2 Å². The van der Waals surface area contributed by atoms with Crippen LogP contribution in [0.3, 0.4) is 0 Å². The Morgan fingerprint density at radius 3 is 3.00 bits per heavy atom. The van der Waals surface area contributed by atoms with Gasteiger partial charge in [-0.2, -0.15) is 0 Å². The molecule has 4 nitrogen and oxygen atoms in total. The van der Waals surface area contributed by atoms with Gasteiger partial charge in [0.15, 0.2) is 0 Å². The van der Waals surface area contributed by atoms with Crippen molar-refractivity contribution in [2.75, 3.05) is 6.54 Å². The van der Waals surface area contributed by atoms with Crippen molar-refractivity contribution in [1.29, 1.82) is 0 Å². The molecule has 0 radical (unpaired) electrons. The Balaban J connectivity index is 2.27. The van der Waals surface area contributed by atoms with E-state index in [2.05, 4.69) is 33.7 Å². The third kappa shape index (κ3) is 2.73. The van der Waals surface area contributed by atoms with Gasteiger partial charge in [0.2, 0.25) is 0 Å². The van der Waals surface area contributed by atoms with Crippen molar-refractivity contribution in [3.05, 3.63) is 34.8 Å². The van der Waals surface area contributed by atoms with Gasteiger partial charge in [-0.05, 0) is 19.9 Å². The van der Waals surface area contributed by atoms with Gasteiger partial charge in [0, 0.05) is 18.1 Å². The molecule has 5 heteroatoms. The molecule has 1 unspecified atom stereocenters. The van der Waals surface area contributed by atoms with Crippen LogP contribution in [0.15, 0.2) is 24.1 Å². The zero-order chi connectivity index (χ0) is 12.1. The zero-order valence-corrected chi connectivity index (χ0v) is 11.1. The molecule has 0 aromatic carbocycles. The van der Waals surface area contributed by atoms with E-state index in [0.717, 1.165) is 24.5 Å². The Hall–Kier alpha value is -1.20. The number of hydrogen-bond donors (Lipinski definition) is 1. The second kappa shape index (κ2) is 5.93. The van der Waals surface area contributed by atoms with Crippen molar-refractivity contribution in [3.63, 3.8) is 0 Å². The van der Waals surface area contributed by atoms with E-state index in [4.69, 9.17) is 0 Å². The van der Waals surface area contributed by atoms with Gasteiger partial charge in [-0.3, -0.25) is 0 Å². The summed E-state index contributed by atoms with van der Waals surface area (Å²) in [6.07, 6.45) is 6.78. The van der Waals surface area contributed by atoms with E-state index in [1.54, 1.807) is 11.3 Å². The highest BCUT2D eigenvalue weighted by Crippen LogP contribution is 2.23. The fraction of sp³-hybridized carbons (Fsp3) is 0.500. The van der Waals surface area contributed by atoms with E-state index >= 15 is 0 Å². The SMILES string of the molecule is CCCNC(c1nccs1)c1cncn1CC. The van der Waals surface area contributed by atoms with Gasteiger partial charge in [-0.15, -0.1) is 11.3 Å². The molecule has 0 spiro atoms. The second-order valence-electron chi connectivity index (χ2n) is 3.86. The molecular formula is C12H18N4S. The van der Waals surface area contributed by atoms with Crippen LogP contribution in [-0.4, -0.2) is 21.1 Å². The molecule has 0 aliphatic rings. The topological polar surface area (TPSA) is 42.7 Å². The predicted molar refractivity (Wildman–Crippen MR) is 70.2 cm³/mol. The molecule has 2 aromatic heterocycles. The van der Waals surface area contributed by atoms with Crippen LogP contribution in [0.2, 0.25) is 0 Å². The largest absolute Gasteiger partial charge is 0.333 e. The number of aromatic nitrogens is 3. The summed E-state index contributed by atoms with van der Waals surface area (Å²) in [5.74, 6) is 0. The molecule has 0 saturated carbocycles. The summed E-state index contributed by atoms with van der Waals surface area (Å²) in [6, 6.07) is 0.164. The van der Waals surface area contributed by atoms with Crippen LogP contribution in [0.1, 0.15) is 37.0 Å². The molecule has 0 fully saturated rings. The van der Waals surface area contributed by atoms with Crippen LogP contribution < -0.4 is 5.32 Å². The maximum Gasteiger partial charge on any atom is 0.116 e. The first-order valence-electron chi connectivity index (χ1n) is 5.99. The highest BCUT2D eigenvalue weighted by molar-refractivity contribution is 7.09. The van der Waals surface area contributed by atoms with Gasteiger partial charge in [0.25, 0.3) is 0 Å². The van der Waals surface area contributed by atoms with E-state index in [9.17, 15) is 0 Å². The van der Waals surface area contributed by atoms with Gasteiger partial charge in [0.1, 0.15) is 11.0 Å². The van der Waals surface area contributed by atoms with Crippen molar-refractivity contribution in [2.24, 2.45) is 0 Å². The highest BCUT2D eigenvalue weighted by Gasteiger charge is 2.19. The average molecular weight is 250 g/mol. The van der Waals surface area contributed by atoms with E-state index in [1.165, 1.54) is 5.69 Å². The monoisotopic (exact) mass is 250 g/mol. The molecule has 17 heavy (non-hydrogen) atoms. The third-order valence-electron chi connectivity index (χ3n) is 2.68. The lowest BCUT2D eigenvalue weighted by Crippen LogP contribution is -2.25. The Kier molecular flexibility index (Phi) is 4.28. The van der Waals surface area contributed by atoms with E-state index in [0.29, 0.717) is 0 Å². The van der Waals surface area contributed by atoms with Crippen molar-refractivity contribution >= 4 is 11.3 Å². The Morgan fingerprint density at radius 2 is 2.35 bits per heavy atom. The summed E-state index contributed by atoms with van der Waals surface area (Å²) in [4.78, 5) is 8.65. The fourth-order valence-electron chi connectivity index (χ4n) is 1.82. The minimum atomic E-state index is 0.164. The molecule has 0 aliphatic carbocycles. The van der Waals surface area contributed by atoms with Crippen molar-refractivity contribution in [1.82, 2.24) is 19.9 Å². The summed E-state index contributed by atoms with van der Waals surface area (Å²) in [6.45, 7) is 6.22. The van der Waals surface area contributed by atoms with Crippen molar-refractivity contribution in [2.45, 2.75) is 32.9 Å². The van der Waals surface area contributed by atoms with Crippen molar-refractivity contribution < 1.29 is 0 Å². The van der Waals surface area contributed by atoms with Crippen LogP contribution in [0.25, 0.3) is 0 Å². The Labute approximate surface area is 106 Å². The fourth-order valence-corrected chi connectivity index (χ4v) is 2.54. The molecule has 0 amide bonds. The number of rotatable bonds is 6. The lowest BCUT2D eigenvalue weighted by atomic mass is 10.2. The van der Waals surface area contributed by atoms with Gasteiger partial charge >= 0.3 is 0 Å². The number of thiazole rings is 1. The predicted octanol–water partition coefficient (Wildman–Crippen LogP) is 2.45. The summed E-state index contributed by atoms with van der Waals surface area (Å²) >= 11 is 1.68. The minimum Gasteiger partial charge on any atom is -0.333 e. The first-order chi connectivity index (χ1) is 8.36. The average Bonchev–Trinajstić information content (AvgIpc) is 3.00. The molecule has 0 saturated heterocycles. The third-order valence-corrected chi connectivity index (χ3v) is 3.52. The van der Waals surface area contributed by atoms with Crippen LogP contribution in [0, 0.1) is 0 Å². The standard InChI is InChI=1S/C12H18N4S/c1-3-5-14-11(12-15-6-7-17-12)10-8-13-9-16(10)4-2/h6-9,11,14H,3-5H2,1-2H3. The maximum absolute atomic E-state index is 4.42. The van der Waals surface area contributed by atoms with Gasteiger partial charge < -0.3 is 9.88 Å². The van der Waals surface area contributed by atoms with Crippen molar-refractivity contribution in [3.8, 4) is 0 Å². The summed E-state index contributed by atoms with van der Waals surface area (Å²) in [5.41, 5.74) is 1.19. The highest BCUT2D eigenvalue weighted by atomic mass is 32.1. The molecular weight excluding hydrogens is 232 g/mol.